The van der Waals surface area contributed by atoms with Gasteiger partial charge in [0, 0.05) is 12.1 Å². The summed E-state index contributed by atoms with van der Waals surface area (Å²) in [5.74, 6) is 1.45. The molecule has 172 valence electrons. The summed E-state index contributed by atoms with van der Waals surface area (Å²) in [6, 6.07) is 15.0. The van der Waals surface area contributed by atoms with E-state index in [1.54, 1.807) is 48.6 Å². The highest BCUT2D eigenvalue weighted by atomic mass is 32.2. The first-order chi connectivity index (χ1) is 15.8. The van der Waals surface area contributed by atoms with Gasteiger partial charge in [-0.05, 0) is 41.5 Å². The van der Waals surface area contributed by atoms with Crippen LogP contribution in [0.4, 0.5) is 11.4 Å². The van der Waals surface area contributed by atoms with E-state index in [2.05, 4.69) is 4.72 Å². The molecule has 33 heavy (non-hydrogen) atoms. The van der Waals surface area contributed by atoms with E-state index in [0.29, 0.717) is 28.5 Å². The lowest BCUT2D eigenvalue weighted by Crippen LogP contribution is -2.13. The van der Waals surface area contributed by atoms with Gasteiger partial charge in [0.15, 0.2) is 11.5 Å². The lowest BCUT2D eigenvalue weighted by molar-refractivity contribution is -0.384. The van der Waals surface area contributed by atoms with Crippen molar-refractivity contribution in [2.45, 2.75) is 4.90 Å². The molecule has 0 amide bonds. The molecule has 0 radical (unpaired) electrons. The average molecular weight is 471 g/mol. The molecule has 0 atom stereocenters. The van der Waals surface area contributed by atoms with Gasteiger partial charge in [-0.1, -0.05) is 30.4 Å². The van der Waals surface area contributed by atoms with Crippen molar-refractivity contribution in [2.75, 3.05) is 26.1 Å². The highest BCUT2D eigenvalue weighted by molar-refractivity contribution is 7.92. The number of methoxy groups -OCH3 is 3. The maximum atomic E-state index is 12.8. The summed E-state index contributed by atoms with van der Waals surface area (Å²) < 4.78 is 44.2. The van der Waals surface area contributed by atoms with Gasteiger partial charge in [0.1, 0.15) is 0 Å². The number of nitrogens with zero attached hydrogens (tertiary/aromatic N) is 1. The molecule has 0 aliphatic heterocycles. The number of hydrogen-bond acceptors (Lipinski definition) is 7. The molecule has 10 heteroatoms. The second kappa shape index (κ2) is 10.0. The van der Waals surface area contributed by atoms with Gasteiger partial charge in [-0.2, -0.15) is 0 Å². The molecule has 0 aromatic heterocycles. The fourth-order valence-electron chi connectivity index (χ4n) is 3.07. The predicted octanol–water partition coefficient (Wildman–Crippen LogP) is 4.59. The first-order valence-electron chi connectivity index (χ1n) is 9.63. The number of para-hydroxylation sites is 1. The van der Waals surface area contributed by atoms with Gasteiger partial charge in [-0.15, -0.1) is 0 Å². The topological polar surface area (TPSA) is 117 Å². The quantitative estimate of drug-likeness (QED) is 0.276. The van der Waals surface area contributed by atoms with Gasteiger partial charge in [0.05, 0.1) is 36.8 Å². The molecule has 3 aromatic carbocycles. The Labute approximate surface area is 191 Å². The van der Waals surface area contributed by atoms with E-state index in [4.69, 9.17) is 14.2 Å². The zero-order valence-electron chi connectivity index (χ0n) is 18.1. The van der Waals surface area contributed by atoms with Crippen molar-refractivity contribution >= 4 is 33.6 Å². The summed E-state index contributed by atoms with van der Waals surface area (Å²) in [5, 5.41) is 10.8. The van der Waals surface area contributed by atoms with E-state index in [0.717, 1.165) is 17.7 Å². The number of sulfonamides is 1. The number of ether oxygens (including phenoxy) is 3. The largest absolute Gasteiger partial charge is 0.493 e. The van der Waals surface area contributed by atoms with Crippen molar-refractivity contribution in [2.24, 2.45) is 0 Å². The van der Waals surface area contributed by atoms with Crippen LogP contribution in [0.5, 0.6) is 17.2 Å². The van der Waals surface area contributed by atoms with Crippen molar-refractivity contribution in [1.82, 2.24) is 0 Å². The molecule has 3 aromatic rings. The van der Waals surface area contributed by atoms with Crippen molar-refractivity contribution < 1.29 is 27.6 Å². The number of rotatable bonds is 9. The molecule has 1 N–H and O–H groups in total. The number of anilines is 1. The Morgan fingerprint density at radius 1 is 0.879 bits per heavy atom. The van der Waals surface area contributed by atoms with Gasteiger partial charge in [0.2, 0.25) is 5.75 Å². The SMILES string of the molecule is COc1cc(C=Cc2ccccc2NS(=O)(=O)c2ccc([N+](=O)[O-])cc2)cc(OC)c1OC. The summed E-state index contributed by atoms with van der Waals surface area (Å²) in [7, 11) is 0.604. The minimum atomic E-state index is -3.95. The molecule has 0 heterocycles. The third-order valence-electron chi connectivity index (χ3n) is 4.71. The molecule has 3 rings (SSSR count). The van der Waals surface area contributed by atoms with Gasteiger partial charge >= 0.3 is 0 Å². The maximum Gasteiger partial charge on any atom is 0.269 e. The zero-order valence-corrected chi connectivity index (χ0v) is 19.0. The normalized spacial score (nSPS) is 11.2. The van der Waals surface area contributed by atoms with Gasteiger partial charge < -0.3 is 14.2 Å². The van der Waals surface area contributed by atoms with Crippen molar-refractivity contribution in [3.8, 4) is 17.2 Å². The Morgan fingerprint density at radius 3 is 2.03 bits per heavy atom. The summed E-state index contributed by atoms with van der Waals surface area (Å²) in [6.07, 6.45) is 3.53. The summed E-state index contributed by atoms with van der Waals surface area (Å²) in [4.78, 5) is 10.1. The third kappa shape index (κ3) is 5.42. The van der Waals surface area contributed by atoms with E-state index < -0.39 is 14.9 Å². The van der Waals surface area contributed by atoms with Crippen LogP contribution in [0.2, 0.25) is 0 Å². The van der Waals surface area contributed by atoms with Gasteiger partial charge in [-0.25, -0.2) is 8.42 Å². The monoisotopic (exact) mass is 470 g/mol. The Bertz CT molecular complexity index is 1260. The van der Waals surface area contributed by atoms with Crippen LogP contribution >= 0.6 is 0 Å². The fraction of sp³-hybridized carbons (Fsp3) is 0.130. The first-order valence-corrected chi connectivity index (χ1v) is 11.1. The van der Waals surface area contributed by atoms with Gasteiger partial charge in [0.25, 0.3) is 15.7 Å². The van der Waals surface area contributed by atoms with Crippen LogP contribution in [0.15, 0.2) is 65.6 Å². The van der Waals surface area contributed by atoms with E-state index in [1.807, 2.05) is 0 Å². The van der Waals surface area contributed by atoms with Crippen LogP contribution in [0.1, 0.15) is 11.1 Å². The van der Waals surface area contributed by atoms with Crippen LogP contribution in [-0.4, -0.2) is 34.7 Å². The lowest BCUT2D eigenvalue weighted by Gasteiger charge is -2.13. The van der Waals surface area contributed by atoms with Crippen molar-refractivity contribution in [3.05, 3.63) is 81.9 Å². The summed E-state index contributed by atoms with van der Waals surface area (Å²) in [6.45, 7) is 0. The van der Waals surface area contributed by atoms with E-state index in [1.165, 1.54) is 33.5 Å². The minimum absolute atomic E-state index is 0.0866. The van der Waals surface area contributed by atoms with Crippen LogP contribution in [-0.2, 0) is 10.0 Å². The summed E-state index contributed by atoms with van der Waals surface area (Å²) >= 11 is 0. The number of nitrogens with one attached hydrogen (secondary N) is 1. The smallest absolute Gasteiger partial charge is 0.269 e. The Morgan fingerprint density at radius 2 is 1.48 bits per heavy atom. The Kier molecular flexibility index (Phi) is 7.19. The highest BCUT2D eigenvalue weighted by Gasteiger charge is 2.17. The summed E-state index contributed by atoms with van der Waals surface area (Å²) in [5.41, 5.74) is 1.51. The molecule has 0 saturated heterocycles. The highest BCUT2D eigenvalue weighted by Crippen LogP contribution is 2.38. The fourth-order valence-corrected chi connectivity index (χ4v) is 4.16. The molecule has 0 fully saturated rings. The molecular formula is C23H22N2O7S. The number of nitro benzene ring substituents is 1. The first kappa shape index (κ1) is 23.6. The number of hydrogen-bond donors (Lipinski definition) is 1. The molecular weight excluding hydrogens is 448 g/mol. The Hall–Kier alpha value is -4.05. The maximum absolute atomic E-state index is 12.8. The molecule has 0 saturated carbocycles. The Balaban J connectivity index is 1.91. The van der Waals surface area contributed by atoms with E-state index in [-0.39, 0.29) is 10.6 Å². The third-order valence-corrected chi connectivity index (χ3v) is 6.09. The number of nitro groups is 1. The minimum Gasteiger partial charge on any atom is -0.493 e. The average Bonchev–Trinajstić information content (AvgIpc) is 2.82. The predicted molar refractivity (Wildman–Crippen MR) is 125 cm³/mol. The van der Waals surface area contributed by atoms with Crippen molar-refractivity contribution in [3.63, 3.8) is 0 Å². The lowest BCUT2D eigenvalue weighted by atomic mass is 10.1. The number of benzene rings is 3. The zero-order chi connectivity index (χ0) is 24.0. The van der Waals surface area contributed by atoms with Crippen LogP contribution in [0, 0.1) is 10.1 Å². The van der Waals surface area contributed by atoms with Crippen molar-refractivity contribution in [1.29, 1.82) is 0 Å². The molecule has 0 bridgehead atoms. The molecule has 0 spiro atoms. The van der Waals surface area contributed by atoms with Gasteiger partial charge in [-0.3, -0.25) is 14.8 Å². The molecule has 9 nitrogen and oxygen atoms in total. The van der Waals surface area contributed by atoms with E-state index >= 15 is 0 Å². The molecule has 0 aliphatic carbocycles. The van der Waals surface area contributed by atoms with E-state index in [9.17, 15) is 18.5 Å². The second-order valence-electron chi connectivity index (χ2n) is 6.74. The standard InChI is InChI=1S/C23H22N2O7S/c1-30-21-14-16(15-22(31-2)23(21)32-3)8-9-17-6-4-5-7-20(17)24-33(28,29)19-12-10-18(11-13-19)25(26)27/h4-15,24H,1-3H3. The van der Waals surface area contributed by atoms with Crippen LogP contribution in [0.25, 0.3) is 12.2 Å². The molecule has 0 unspecified atom stereocenters. The second-order valence-corrected chi connectivity index (χ2v) is 8.42. The molecule has 0 aliphatic rings. The number of non-ortho nitro benzene ring substituents is 1. The van der Waals surface area contributed by atoms with Crippen LogP contribution in [0.3, 0.4) is 0 Å². The van der Waals surface area contributed by atoms with Crippen LogP contribution < -0.4 is 18.9 Å².